The van der Waals surface area contributed by atoms with Crippen molar-refractivity contribution >= 4 is 5.84 Å². The highest BCUT2D eigenvalue weighted by atomic mass is 16.5. The molecular weight excluding hydrogens is 194 g/mol. The lowest BCUT2D eigenvalue weighted by molar-refractivity contribution is -0.0689. The second-order valence-corrected chi connectivity index (χ2v) is 4.54. The van der Waals surface area contributed by atoms with Gasteiger partial charge in [-0.05, 0) is 25.7 Å². The van der Waals surface area contributed by atoms with E-state index in [0.717, 1.165) is 32.5 Å². The number of hydrogen-bond donors (Lipinski definition) is 2. The summed E-state index contributed by atoms with van der Waals surface area (Å²) >= 11 is 0. The van der Waals surface area contributed by atoms with Gasteiger partial charge in [-0.1, -0.05) is 5.16 Å². The SMILES string of the molecule is N/C(CN1CCC2(CCCCO2)C1)=N\O. The average Bonchev–Trinajstić information content (AvgIpc) is 2.62. The molecule has 1 atom stereocenters. The summed E-state index contributed by atoms with van der Waals surface area (Å²) in [7, 11) is 0. The minimum atomic E-state index is 0.0635. The third-order valence-electron chi connectivity index (χ3n) is 3.34. The van der Waals surface area contributed by atoms with Gasteiger partial charge in [0.25, 0.3) is 0 Å². The number of nitrogens with zero attached hydrogens (tertiary/aromatic N) is 2. The number of ether oxygens (including phenoxy) is 1. The molecule has 3 N–H and O–H groups in total. The molecule has 0 aromatic heterocycles. The van der Waals surface area contributed by atoms with E-state index in [1.807, 2.05) is 0 Å². The predicted molar refractivity (Wildman–Crippen MR) is 57.0 cm³/mol. The average molecular weight is 213 g/mol. The Morgan fingerprint density at radius 3 is 3.00 bits per heavy atom. The molecule has 2 saturated heterocycles. The van der Waals surface area contributed by atoms with Crippen LogP contribution in [0.3, 0.4) is 0 Å². The molecule has 2 rings (SSSR count). The van der Waals surface area contributed by atoms with E-state index < -0.39 is 0 Å². The maximum atomic E-state index is 8.50. The van der Waals surface area contributed by atoms with Gasteiger partial charge in [0.15, 0.2) is 5.84 Å². The van der Waals surface area contributed by atoms with Gasteiger partial charge in [0.05, 0.1) is 12.1 Å². The van der Waals surface area contributed by atoms with Crippen LogP contribution in [-0.4, -0.2) is 47.8 Å². The lowest BCUT2D eigenvalue weighted by Crippen LogP contribution is -2.41. The molecule has 2 fully saturated rings. The minimum absolute atomic E-state index is 0.0635. The Labute approximate surface area is 89.9 Å². The van der Waals surface area contributed by atoms with E-state index in [9.17, 15) is 0 Å². The molecule has 15 heavy (non-hydrogen) atoms. The van der Waals surface area contributed by atoms with E-state index in [0.29, 0.717) is 6.54 Å². The van der Waals surface area contributed by atoms with Crippen molar-refractivity contribution in [1.82, 2.24) is 4.90 Å². The predicted octanol–water partition coefficient (Wildman–Crippen LogP) is 0.378. The summed E-state index contributed by atoms with van der Waals surface area (Å²) in [5.74, 6) is 0.280. The second-order valence-electron chi connectivity index (χ2n) is 4.54. The van der Waals surface area contributed by atoms with E-state index in [1.54, 1.807) is 0 Å². The molecule has 0 saturated carbocycles. The maximum Gasteiger partial charge on any atom is 0.153 e. The Morgan fingerprint density at radius 2 is 2.33 bits per heavy atom. The van der Waals surface area contributed by atoms with Gasteiger partial charge in [-0.2, -0.15) is 0 Å². The molecule has 86 valence electrons. The molecule has 5 heteroatoms. The topological polar surface area (TPSA) is 71.1 Å². The molecule has 1 spiro atoms. The Kier molecular flexibility index (Phi) is 3.11. The van der Waals surface area contributed by atoms with E-state index in [-0.39, 0.29) is 11.4 Å². The largest absolute Gasteiger partial charge is 0.409 e. The molecule has 2 aliphatic heterocycles. The van der Waals surface area contributed by atoms with Crippen molar-refractivity contribution < 1.29 is 9.94 Å². The number of oxime groups is 1. The lowest BCUT2D eigenvalue weighted by Gasteiger charge is -2.33. The van der Waals surface area contributed by atoms with Gasteiger partial charge in [-0.25, -0.2) is 0 Å². The highest BCUT2D eigenvalue weighted by molar-refractivity contribution is 5.81. The molecule has 0 aliphatic carbocycles. The van der Waals surface area contributed by atoms with Gasteiger partial charge >= 0.3 is 0 Å². The van der Waals surface area contributed by atoms with Crippen LogP contribution >= 0.6 is 0 Å². The van der Waals surface area contributed by atoms with Crippen LogP contribution in [0.2, 0.25) is 0 Å². The summed E-state index contributed by atoms with van der Waals surface area (Å²) in [5.41, 5.74) is 5.55. The minimum Gasteiger partial charge on any atom is -0.409 e. The zero-order valence-electron chi connectivity index (χ0n) is 8.98. The molecule has 0 aromatic carbocycles. The summed E-state index contributed by atoms with van der Waals surface area (Å²) in [6.45, 7) is 3.33. The van der Waals surface area contributed by atoms with Crippen LogP contribution in [0.15, 0.2) is 5.16 Å². The van der Waals surface area contributed by atoms with Crippen molar-refractivity contribution in [2.75, 3.05) is 26.2 Å². The van der Waals surface area contributed by atoms with Gasteiger partial charge in [0.2, 0.25) is 0 Å². The van der Waals surface area contributed by atoms with Gasteiger partial charge in [0, 0.05) is 19.7 Å². The van der Waals surface area contributed by atoms with Gasteiger partial charge in [0.1, 0.15) is 0 Å². The molecule has 0 amide bonds. The standard InChI is InChI=1S/C10H19N3O2/c11-9(12-14)7-13-5-4-10(8-13)3-1-2-6-15-10/h14H,1-8H2,(H2,11,12). The molecule has 1 unspecified atom stereocenters. The van der Waals surface area contributed by atoms with Crippen molar-refractivity contribution in [1.29, 1.82) is 0 Å². The lowest BCUT2D eigenvalue weighted by atomic mass is 9.93. The fraction of sp³-hybridized carbons (Fsp3) is 0.900. The first kappa shape index (κ1) is 10.7. The summed E-state index contributed by atoms with van der Waals surface area (Å²) < 4.78 is 5.89. The monoisotopic (exact) mass is 213 g/mol. The quantitative estimate of drug-likeness (QED) is 0.301. The number of amidine groups is 1. The van der Waals surface area contributed by atoms with E-state index in [4.69, 9.17) is 15.7 Å². The van der Waals surface area contributed by atoms with Crippen LogP contribution in [0.1, 0.15) is 25.7 Å². The number of hydrogen-bond acceptors (Lipinski definition) is 4. The molecule has 2 heterocycles. The molecule has 2 aliphatic rings. The van der Waals surface area contributed by atoms with Crippen LogP contribution in [0.25, 0.3) is 0 Å². The Bertz CT molecular complexity index is 249. The third kappa shape index (κ3) is 2.41. The van der Waals surface area contributed by atoms with E-state index in [2.05, 4.69) is 10.1 Å². The fourth-order valence-electron chi connectivity index (χ4n) is 2.56. The van der Waals surface area contributed by atoms with E-state index in [1.165, 1.54) is 12.8 Å². The maximum absolute atomic E-state index is 8.50. The number of likely N-dealkylation sites (tertiary alicyclic amines) is 1. The summed E-state index contributed by atoms with van der Waals surface area (Å²) in [6, 6.07) is 0. The van der Waals surface area contributed by atoms with Crippen LogP contribution in [0.5, 0.6) is 0 Å². The molecular formula is C10H19N3O2. The van der Waals surface area contributed by atoms with Crippen LogP contribution in [-0.2, 0) is 4.74 Å². The highest BCUT2D eigenvalue weighted by Gasteiger charge is 2.40. The Balaban J connectivity index is 1.88. The molecule has 5 nitrogen and oxygen atoms in total. The van der Waals surface area contributed by atoms with Crippen molar-refractivity contribution in [3.05, 3.63) is 0 Å². The third-order valence-corrected chi connectivity index (χ3v) is 3.34. The summed E-state index contributed by atoms with van der Waals surface area (Å²) in [4.78, 5) is 2.19. The van der Waals surface area contributed by atoms with Crippen molar-refractivity contribution in [3.8, 4) is 0 Å². The normalized spacial score (nSPS) is 33.7. The smallest absolute Gasteiger partial charge is 0.153 e. The molecule has 0 radical (unpaired) electrons. The zero-order valence-corrected chi connectivity index (χ0v) is 8.98. The van der Waals surface area contributed by atoms with Crippen molar-refractivity contribution in [3.63, 3.8) is 0 Å². The van der Waals surface area contributed by atoms with Crippen molar-refractivity contribution in [2.24, 2.45) is 10.9 Å². The van der Waals surface area contributed by atoms with Crippen LogP contribution < -0.4 is 5.73 Å². The van der Waals surface area contributed by atoms with Crippen molar-refractivity contribution in [2.45, 2.75) is 31.3 Å². The Morgan fingerprint density at radius 1 is 1.47 bits per heavy atom. The summed E-state index contributed by atoms with van der Waals surface area (Å²) in [6.07, 6.45) is 4.67. The number of rotatable bonds is 2. The first-order valence-electron chi connectivity index (χ1n) is 5.57. The molecule has 0 bridgehead atoms. The van der Waals surface area contributed by atoms with E-state index >= 15 is 0 Å². The zero-order chi connectivity index (χ0) is 10.7. The number of nitrogens with two attached hydrogens (primary N) is 1. The highest BCUT2D eigenvalue weighted by Crippen LogP contribution is 2.33. The van der Waals surface area contributed by atoms with Gasteiger partial charge < -0.3 is 15.7 Å². The first-order valence-corrected chi connectivity index (χ1v) is 5.57. The van der Waals surface area contributed by atoms with Crippen LogP contribution in [0.4, 0.5) is 0 Å². The van der Waals surface area contributed by atoms with Gasteiger partial charge in [-0.3, -0.25) is 4.90 Å². The fourth-order valence-corrected chi connectivity index (χ4v) is 2.56. The van der Waals surface area contributed by atoms with Crippen LogP contribution in [0, 0.1) is 0 Å². The van der Waals surface area contributed by atoms with Gasteiger partial charge in [-0.15, -0.1) is 0 Å². The first-order chi connectivity index (χ1) is 7.24. The summed E-state index contributed by atoms with van der Waals surface area (Å²) in [5, 5.41) is 11.5. The second kappa shape index (κ2) is 4.37. The molecule has 0 aromatic rings. The Hall–Kier alpha value is -0.810.